The zero-order chi connectivity index (χ0) is 24.6. The Hall–Kier alpha value is -2.58. The van der Waals surface area contributed by atoms with E-state index in [9.17, 15) is 5.11 Å². The van der Waals surface area contributed by atoms with Gasteiger partial charge in [-0.25, -0.2) is 0 Å². The van der Waals surface area contributed by atoms with Gasteiger partial charge in [-0.1, -0.05) is 91.0 Å². The second kappa shape index (κ2) is 12.6. The van der Waals surface area contributed by atoms with Crippen molar-refractivity contribution in [2.24, 2.45) is 0 Å². The molecule has 5 rings (SSSR count). The van der Waals surface area contributed by atoms with Crippen LogP contribution in [0.5, 0.6) is 0 Å². The van der Waals surface area contributed by atoms with Gasteiger partial charge in [0.2, 0.25) is 0 Å². The van der Waals surface area contributed by atoms with Gasteiger partial charge in [0.25, 0.3) is 0 Å². The summed E-state index contributed by atoms with van der Waals surface area (Å²) in [5, 5.41) is 11.6. The van der Waals surface area contributed by atoms with E-state index in [1.54, 1.807) is 0 Å². The zero-order valence-electron chi connectivity index (χ0n) is 20.5. The molecule has 6 heteroatoms. The van der Waals surface area contributed by atoms with E-state index in [1.807, 2.05) is 59.7 Å². The fraction of sp³-hybridized carbons (Fsp3) is 0.400. The maximum Gasteiger partial charge on any atom is 0.106 e. The Morgan fingerprint density at radius 3 is 1.81 bits per heavy atom. The second-order valence-electron chi connectivity index (χ2n) is 9.49. The van der Waals surface area contributed by atoms with E-state index >= 15 is 0 Å². The summed E-state index contributed by atoms with van der Waals surface area (Å²) in [5.41, 5.74) is 3.38. The van der Waals surface area contributed by atoms with Crippen LogP contribution in [0.2, 0.25) is 0 Å². The molecular formula is C30H35NO5. The molecule has 0 unspecified atom stereocenters. The summed E-state index contributed by atoms with van der Waals surface area (Å²) in [6.45, 7) is 2.08. The third-order valence-corrected chi connectivity index (χ3v) is 6.93. The van der Waals surface area contributed by atoms with E-state index in [0.717, 1.165) is 23.1 Å². The van der Waals surface area contributed by atoms with Crippen LogP contribution in [0.4, 0.5) is 0 Å². The van der Waals surface area contributed by atoms with Gasteiger partial charge in [-0.05, 0) is 29.5 Å². The molecule has 2 fully saturated rings. The topological polar surface area (TPSA) is 60.4 Å². The molecule has 0 aliphatic carbocycles. The quantitative estimate of drug-likeness (QED) is 0.404. The van der Waals surface area contributed by atoms with E-state index in [0.29, 0.717) is 32.8 Å². The van der Waals surface area contributed by atoms with Gasteiger partial charge in [0.1, 0.15) is 12.2 Å². The lowest BCUT2D eigenvalue weighted by Gasteiger charge is -2.28. The fourth-order valence-electron chi connectivity index (χ4n) is 5.15. The molecule has 1 N–H and O–H groups in total. The monoisotopic (exact) mass is 489 g/mol. The fourth-order valence-corrected chi connectivity index (χ4v) is 5.15. The van der Waals surface area contributed by atoms with Crippen LogP contribution in [0.3, 0.4) is 0 Å². The average Bonchev–Trinajstić information content (AvgIpc) is 3.45. The molecule has 0 radical (unpaired) electrons. The summed E-state index contributed by atoms with van der Waals surface area (Å²) in [5.74, 6) is 0. The minimum absolute atomic E-state index is 0.0329. The predicted octanol–water partition coefficient (Wildman–Crippen LogP) is 4.51. The van der Waals surface area contributed by atoms with Gasteiger partial charge in [-0.2, -0.15) is 5.06 Å². The molecule has 3 aromatic rings. The first kappa shape index (κ1) is 25.1. The van der Waals surface area contributed by atoms with E-state index < -0.39 is 0 Å². The van der Waals surface area contributed by atoms with E-state index in [4.69, 9.17) is 19.0 Å². The molecule has 6 nitrogen and oxygen atoms in total. The standard InChI is InChI=1S/C30H35NO5/c32-17-16-26-18-27-29(34-20-24-12-6-2-7-13-24)30(35-21-25-14-8-3-9-15-25)28(31(27)36-26)22-33-19-23-10-4-1-5-11-23/h1-15,26-30,32H,16-22H2/t26-,27+,28-,29+,30+/m1/s1. The summed E-state index contributed by atoms with van der Waals surface area (Å²) >= 11 is 0. The molecule has 2 saturated heterocycles. The molecule has 2 aliphatic heterocycles. The Labute approximate surface area is 213 Å². The summed E-state index contributed by atoms with van der Waals surface area (Å²) in [7, 11) is 0. The van der Waals surface area contributed by atoms with Crippen LogP contribution in [0.1, 0.15) is 29.5 Å². The third-order valence-electron chi connectivity index (χ3n) is 6.93. The zero-order valence-corrected chi connectivity index (χ0v) is 20.5. The Bertz CT molecular complexity index is 1030. The Kier molecular flexibility index (Phi) is 8.77. The van der Waals surface area contributed by atoms with Gasteiger partial charge in [0.15, 0.2) is 0 Å². The van der Waals surface area contributed by atoms with Gasteiger partial charge in [-0.3, -0.25) is 4.84 Å². The first-order valence-corrected chi connectivity index (χ1v) is 12.8. The smallest absolute Gasteiger partial charge is 0.106 e. The number of hydrogen-bond acceptors (Lipinski definition) is 6. The summed E-state index contributed by atoms with van der Waals surface area (Å²) in [6.07, 6.45) is 0.966. The number of rotatable bonds is 12. The van der Waals surface area contributed by atoms with Crippen molar-refractivity contribution in [1.82, 2.24) is 5.06 Å². The van der Waals surface area contributed by atoms with Crippen molar-refractivity contribution in [3.63, 3.8) is 0 Å². The van der Waals surface area contributed by atoms with Crippen molar-refractivity contribution >= 4 is 0 Å². The lowest BCUT2D eigenvalue weighted by molar-refractivity contribution is -0.198. The number of benzene rings is 3. The maximum absolute atomic E-state index is 9.52. The molecule has 3 aromatic carbocycles. The highest BCUT2D eigenvalue weighted by Crippen LogP contribution is 2.40. The Balaban J connectivity index is 1.34. The Morgan fingerprint density at radius 2 is 1.25 bits per heavy atom. The molecule has 0 saturated carbocycles. The highest BCUT2D eigenvalue weighted by molar-refractivity contribution is 5.16. The lowest BCUT2D eigenvalue weighted by Crippen LogP contribution is -2.42. The molecule has 2 aliphatic rings. The largest absolute Gasteiger partial charge is 0.396 e. The highest BCUT2D eigenvalue weighted by atomic mass is 16.7. The van der Waals surface area contributed by atoms with Crippen LogP contribution in [-0.4, -0.2) is 53.8 Å². The molecule has 0 spiro atoms. The molecule has 0 amide bonds. The molecule has 36 heavy (non-hydrogen) atoms. The Morgan fingerprint density at radius 1 is 0.722 bits per heavy atom. The van der Waals surface area contributed by atoms with Crippen LogP contribution < -0.4 is 0 Å². The molecule has 0 bridgehead atoms. The number of fused-ring (bicyclic) bond motifs is 1. The molecule has 190 valence electrons. The van der Waals surface area contributed by atoms with Crippen LogP contribution in [0.25, 0.3) is 0 Å². The number of hydrogen-bond donors (Lipinski definition) is 1. The summed E-state index contributed by atoms with van der Waals surface area (Å²) < 4.78 is 19.3. The normalized spacial score (nSPS) is 25.8. The third kappa shape index (κ3) is 6.21. The van der Waals surface area contributed by atoms with Crippen molar-refractivity contribution in [1.29, 1.82) is 0 Å². The van der Waals surface area contributed by atoms with Crippen LogP contribution in [0.15, 0.2) is 91.0 Å². The van der Waals surface area contributed by atoms with Crippen LogP contribution in [0, 0.1) is 0 Å². The number of nitrogens with zero attached hydrogens (tertiary/aromatic N) is 1. The number of hydroxylamine groups is 2. The van der Waals surface area contributed by atoms with Crippen molar-refractivity contribution in [3.05, 3.63) is 108 Å². The number of aliphatic hydroxyl groups excluding tert-OH is 1. The van der Waals surface area contributed by atoms with Gasteiger partial charge in [0, 0.05) is 6.61 Å². The summed E-state index contributed by atoms with van der Waals surface area (Å²) in [4.78, 5) is 6.34. The first-order chi connectivity index (χ1) is 17.8. The van der Waals surface area contributed by atoms with Crippen molar-refractivity contribution in [2.75, 3.05) is 13.2 Å². The van der Waals surface area contributed by atoms with Gasteiger partial charge in [-0.15, -0.1) is 0 Å². The number of ether oxygens (including phenoxy) is 3. The molecule has 5 atom stereocenters. The van der Waals surface area contributed by atoms with Crippen molar-refractivity contribution in [2.45, 2.75) is 63.1 Å². The minimum Gasteiger partial charge on any atom is -0.396 e. The van der Waals surface area contributed by atoms with E-state index in [2.05, 4.69) is 36.4 Å². The van der Waals surface area contributed by atoms with Gasteiger partial charge < -0.3 is 19.3 Å². The first-order valence-electron chi connectivity index (χ1n) is 12.8. The second-order valence-corrected chi connectivity index (χ2v) is 9.49. The lowest BCUT2D eigenvalue weighted by atomic mass is 10.0. The van der Waals surface area contributed by atoms with E-state index in [-0.39, 0.29) is 37.0 Å². The van der Waals surface area contributed by atoms with Crippen LogP contribution in [-0.2, 0) is 38.9 Å². The maximum atomic E-state index is 9.52. The van der Waals surface area contributed by atoms with Crippen molar-refractivity contribution < 1.29 is 24.2 Å². The average molecular weight is 490 g/mol. The number of aliphatic hydroxyl groups is 1. The van der Waals surface area contributed by atoms with Crippen LogP contribution >= 0.6 is 0 Å². The van der Waals surface area contributed by atoms with Gasteiger partial charge in [0.05, 0.1) is 44.6 Å². The van der Waals surface area contributed by atoms with Crippen molar-refractivity contribution in [3.8, 4) is 0 Å². The molecule has 0 aromatic heterocycles. The minimum atomic E-state index is -0.218. The van der Waals surface area contributed by atoms with E-state index in [1.165, 1.54) is 0 Å². The predicted molar refractivity (Wildman–Crippen MR) is 137 cm³/mol. The highest BCUT2D eigenvalue weighted by Gasteiger charge is 2.55. The summed E-state index contributed by atoms with van der Waals surface area (Å²) in [6, 6.07) is 30.5. The molecule has 2 heterocycles. The van der Waals surface area contributed by atoms with Gasteiger partial charge >= 0.3 is 0 Å². The SMILES string of the molecule is OCC[C@@H]1C[C@H]2[C@H](OCc3ccccc3)[C@@H](OCc3ccccc3)[C@@H](COCc3ccccc3)N2O1. The molecular weight excluding hydrogens is 454 g/mol.